The van der Waals surface area contributed by atoms with Crippen LogP contribution in [0.2, 0.25) is 0 Å². The number of amides is 1. The van der Waals surface area contributed by atoms with Crippen LogP contribution in [0.1, 0.15) is 12.0 Å². The third-order valence-electron chi connectivity index (χ3n) is 3.63. The minimum Gasteiger partial charge on any atom is -0.480 e. The number of hydrogen-bond donors (Lipinski definition) is 2. The highest BCUT2D eigenvalue weighted by molar-refractivity contribution is 6.04. The molecule has 6 nitrogen and oxygen atoms in total. The van der Waals surface area contributed by atoms with Crippen LogP contribution >= 0.6 is 0 Å². The van der Waals surface area contributed by atoms with Crippen molar-refractivity contribution in [3.8, 4) is 0 Å². The minimum absolute atomic E-state index is 0.00574. The van der Waals surface area contributed by atoms with Crippen molar-refractivity contribution in [3.63, 3.8) is 0 Å². The largest absolute Gasteiger partial charge is 0.480 e. The fourth-order valence-electron chi connectivity index (χ4n) is 2.49. The number of carbonyl (C=O) groups is 3. The van der Waals surface area contributed by atoms with Crippen LogP contribution in [-0.4, -0.2) is 46.0 Å². The first kappa shape index (κ1) is 14.0. The van der Waals surface area contributed by atoms with Crippen molar-refractivity contribution in [2.45, 2.75) is 12.8 Å². The average Bonchev–Trinajstić information content (AvgIpc) is 2.42. The molecule has 2 N–H and O–H groups in total. The Kier molecular flexibility index (Phi) is 3.74. The van der Waals surface area contributed by atoms with Gasteiger partial charge in [0.2, 0.25) is 0 Å². The number of piperidine rings is 1. The van der Waals surface area contributed by atoms with Crippen LogP contribution in [-0.2, 0) is 16.0 Å². The maximum Gasteiger partial charge on any atom is 0.407 e. The number of ketones is 1. The SMILES string of the molecule is O=C(O)N1CCC(=O)C(Cc2ccccc2)(C(=O)O)C1. The van der Waals surface area contributed by atoms with E-state index < -0.39 is 23.3 Å². The summed E-state index contributed by atoms with van der Waals surface area (Å²) in [6.45, 7) is -0.247. The van der Waals surface area contributed by atoms with Crippen LogP contribution in [0.15, 0.2) is 30.3 Å². The molecule has 1 unspecified atom stereocenters. The Bertz CT molecular complexity index is 542. The van der Waals surface area contributed by atoms with E-state index in [9.17, 15) is 19.5 Å². The number of nitrogens with zero attached hydrogens (tertiary/aromatic N) is 1. The second kappa shape index (κ2) is 5.32. The smallest absolute Gasteiger partial charge is 0.407 e. The second-order valence-corrected chi connectivity index (χ2v) is 4.93. The highest BCUT2D eigenvalue weighted by Gasteiger charge is 2.50. The first-order valence-electron chi connectivity index (χ1n) is 6.24. The Morgan fingerprint density at radius 1 is 1.20 bits per heavy atom. The summed E-state index contributed by atoms with van der Waals surface area (Å²) in [5, 5.41) is 18.5. The van der Waals surface area contributed by atoms with Gasteiger partial charge in [-0.25, -0.2) is 4.79 Å². The Balaban J connectivity index is 2.34. The van der Waals surface area contributed by atoms with Gasteiger partial charge in [-0.15, -0.1) is 0 Å². The van der Waals surface area contributed by atoms with Crippen LogP contribution in [0.5, 0.6) is 0 Å². The zero-order valence-corrected chi connectivity index (χ0v) is 10.8. The van der Waals surface area contributed by atoms with E-state index in [4.69, 9.17) is 5.11 Å². The van der Waals surface area contributed by atoms with Crippen molar-refractivity contribution in [2.24, 2.45) is 5.41 Å². The lowest BCUT2D eigenvalue weighted by Gasteiger charge is -2.37. The van der Waals surface area contributed by atoms with Gasteiger partial charge in [-0.1, -0.05) is 30.3 Å². The van der Waals surface area contributed by atoms with Gasteiger partial charge in [-0.2, -0.15) is 0 Å². The van der Waals surface area contributed by atoms with E-state index in [2.05, 4.69) is 0 Å². The molecular formula is C14H15NO5. The fourth-order valence-corrected chi connectivity index (χ4v) is 2.49. The van der Waals surface area contributed by atoms with Crippen molar-refractivity contribution in [1.29, 1.82) is 0 Å². The molecule has 0 aliphatic carbocycles. The van der Waals surface area contributed by atoms with Crippen LogP contribution in [0.25, 0.3) is 0 Å². The molecule has 1 fully saturated rings. The molecule has 1 aromatic rings. The fraction of sp³-hybridized carbons (Fsp3) is 0.357. The summed E-state index contributed by atoms with van der Waals surface area (Å²) >= 11 is 0. The Morgan fingerprint density at radius 2 is 1.85 bits per heavy atom. The predicted molar refractivity (Wildman–Crippen MR) is 69.4 cm³/mol. The number of rotatable bonds is 3. The highest BCUT2D eigenvalue weighted by Crippen LogP contribution is 2.31. The summed E-state index contributed by atoms with van der Waals surface area (Å²) in [4.78, 5) is 35.8. The lowest BCUT2D eigenvalue weighted by atomic mass is 9.74. The Morgan fingerprint density at radius 3 is 2.40 bits per heavy atom. The summed E-state index contributed by atoms with van der Waals surface area (Å²) in [6.07, 6.45) is -1.26. The van der Waals surface area contributed by atoms with Gasteiger partial charge in [0.25, 0.3) is 0 Å². The minimum atomic E-state index is -1.68. The van der Waals surface area contributed by atoms with Gasteiger partial charge < -0.3 is 15.1 Å². The predicted octanol–water partition coefficient (Wildman–Crippen LogP) is 1.25. The van der Waals surface area contributed by atoms with Crippen LogP contribution in [0, 0.1) is 5.41 Å². The number of carboxylic acids is 1. The molecule has 1 saturated heterocycles. The number of Topliss-reactive ketones (excluding diaryl/α,β-unsaturated/α-hetero) is 1. The Labute approximate surface area is 115 Å². The summed E-state index contributed by atoms with van der Waals surface area (Å²) in [6, 6.07) is 8.78. The first-order chi connectivity index (χ1) is 9.45. The monoisotopic (exact) mass is 277 g/mol. The van der Waals surface area contributed by atoms with Crippen molar-refractivity contribution in [3.05, 3.63) is 35.9 Å². The molecular weight excluding hydrogens is 262 g/mol. The zero-order valence-electron chi connectivity index (χ0n) is 10.8. The molecule has 2 rings (SSSR count). The number of hydrogen-bond acceptors (Lipinski definition) is 3. The van der Waals surface area contributed by atoms with Crippen molar-refractivity contribution < 1.29 is 24.6 Å². The number of carbonyl (C=O) groups excluding carboxylic acids is 1. The van der Waals surface area contributed by atoms with E-state index in [0.29, 0.717) is 5.56 Å². The van der Waals surface area contributed by atoms with Gasteiger partial charge in [-0.3, -0.25) is 9.59 Å². The summed E-state index contributed by atoms with van der Waals surface area (Å²) in [5.74, 6) is -1.68. The van der Waals surface area contributed by atoms with Crippen molar-refractivity contribution in [2.75, 3.05) is 13.1 Å². The van der Waals surface area contributed by atoms with E-state index in [0.717, 1.165) is 4.90 Å². The topological polar surface area (TPSA) is 94.9 Å². The molecule has 0 radical (unpaired) electrons. The lowest BCUT2D eigenvalue weighted by Crippen LogP contribution is -2.56. The van der Waals surface area contributed by atoms with Crippen molar-refractivity contribution in [1.82, 2.24) is 4.90 Å². The average molecular weight is 277 g/mol. The third kappa shape index (κ3) is 2.49. The summed E-state index contributed by atoms with van der Waals surface area (Å²) < 4.78 is 0. The van der Waals surface area contributed by atoms with Gasteiger partial charge in [-0.05, 0) is 12.0 Å². The molecule has 1 atom stereocenters. The quantitative estimate of drug-likeness (QED) is 0.811. The van der Waals surface area contributed by atoms with E-state index in [1.165, 1.54) is 0 Å². The molecule has 106 valence electrons. The number of benzene rings is 1. The van der Waals surface area contributed by atoms with Gasteiger partial charge in [0.05, 0.1) is 0 Å². The van der Waals surface area contributed by atoms with E-state index in [1.807, 2.05) is 0 Å². The molecule has 0 aromatic heterocycles. The van der Waals surface area contributed by atoms with Gasteiger partial charge in [0.1, 0.15) is 5.41 Å². The van der Waals surface area contributed by atoms with Gasteiger partial charge in [0, 0.05) is 19.5 Å². The highest BCUT2D eigenvalue weighted by atomic mass is 16.4. The number of carboxylic acid groups (broad SMARTS) is 2. The van der Waals surface area contributed by atoms with Gasteiger partial charge >= 0.3 is 12.1 Å². The van der Waals surface area contributed by atoms with Crippen LogP contribution < -0.4 is 0 Å². The number of aliphatic carboxylic acids is 1. The molecule has 1 aliphatic rings. The molecule has 0 spiro atoms. The molecule has 20 heavy (non-hydrogen) atoms. The molecule has 1 aliphatic heterocycles. The molecule has 6 heteroatoms. The standard InChI is InChI=1S/C14H15NO5/c16-11-6-7-15(13(19)20)9-14(11,12(17)18)8-10-4-2-1-3-5-10/h1-5H,6-9H2,(H,17,18)(H,19,20). The van der Waals surface area contributed by atoms with E-state index in [1.54, 1.807) is 30.3 Å². The second-order valence-electron chi connectivity index (χ2n) is 4.93. The summed E-state index contributed by atoms with van der Waals surface area (Å²) in [5.41, 5.74) is -0.978. The normalized spacial score (nSPS) is 22.6. The molecule has 1 heterocycles. The van der Waals surface area contributed by atoms with E-state index in [-0.39, 0.29) is 25.9 Å². The molecule has 1 aromatic carbocycles. The summed E-state index contributed by atoms with van der Waals surface area (Å²) in [7, 11) is 0. The van der Waals surface area contributed by atoms with Crippen LogP contribution in [0.4, 0.5) is 4.79 Å². The maximum atomic E-state index is 12.1. The first-order valence-corrected chi connectivity index (χ1v) is 6.24. The molecule has 0 bridgehead atoms. The van der Waals surface area contributed by atoms with Gasteiger partial charge in [0.15, 0.2) is 5.78 Å². The Hall–Kier alpha value is -2.37. The third-order valence-corrected chi connectivity index (χ3v) is 3.63. The van der Waals surface area contributed by atoms with Crippen LogP contribution in [0.3, 0.4) is 0 Å². The molecule has 0 saturated carbocycles. The zero-order chi connectivity index (χ0) is 14.8. The lowest BCUT2D eigenvalue weighted by molar-refractivity contribution is -0.158. The molecule has 1 amide bonds. The maximum absolute atomic E-state index is 12.1. The number of likely N-dealkylation sites (tertiary alicyclic amines) is 1. The van der Waals surface area contributed by atoms with Crippen molar-refractivity contribution >= 4 is 17.8 Å². The van der Waals surface area contributed by atoms with E-state index >= 15 is 0 Å².